The van der Waals surface area contributed by atoms with E-state index in [1.807, 2.05) is 32.9 Å². The Morgan fingerprint density at radius 2 is 2.00 bits per heavy atom. The van der Waals surface area contributed by atoms with Crippen LogP contribution >= 0.6 is 15.9 Å². The van der Waals surface area contributed by atoms with Crippen LogP contribution in [0.4, 0.5) is 5.69 Å². The molecule has 1 heterocycles. The molecule has 2 rings (SSSR count). The first-order valence-electron chi connectivity index (χ1n) is 5.27. The average Bonchev–Trinajstić information content (AvgIpc) is 2.70. The van der Waals surface area contributed by atoms with Crippen molar-refractivity contribution < 1.29 is 4.52 Å². The van der Waals surface area contributed by atoms with Gasteiger partial charge in [-0.25, -0.2) is 0 Å². The van der Waals surface area contributed by atoms with Crippen molar-refractivity contribution >= 4 is 21.6 Å². The number of halogens is 1. The summed E-state index contributed by atoms with van der Waals surface area (Å²) in [7, 11) is 0. The zero-order valence-electron chi connectivity index (χ0n) is 9.99. The van der Waals surface area contributed by atoms with Crippen LogP contribution in [0.1, 0.15) is 26.6 Å². The molecule has 0 unspecified atom stereocenters. The summed E-state index contributed by atoms with van der Waals surface area (Å²) >= 11 is 3.37. The van der Waals surface area contributed by atoms with Gasteiger partial charge in [-0.3, -0.25) is 0 Å². The fourth-order valence-electron chi connectivity index (χ4n) is 1.31. The number of hydrogen-bond donors (Lipinski definition) is 1. The van der Waals surface area contributed by atoms with Gasteiger partial charge in [0.15, 0.2) is 5.82 Å². The maximum atomic E-state index is 5.73. The summed E-state index contributed by atoms with van der Waals surface area (Å²) in [4.78, 5) is 4.38. The van der Waals surface area contributed by atoms with Crippen LogP contribution in [-0.2, 0) is 5.41 Å². The summed E-state index contributed by atoms with van der Waals surface area (Å²) in [6.07, 6.45) is 0. The molecule has 0 aliphatic rings. The first kappa shape index (κ1) is 12.1. The molecule has 2 N–H and O–H groups in total. The SMILES string of the molecule is CC(C)(C)c1noc(-c2ccc(N)c(Br)c2)n1. The second kappa shape index (κ2) is 4.14. The van der Waals surface area contributed by atoms with Gasteiger partial charge in [-0.15, -0.1) is 0 Å². The fourth-order valence-corrected chi connectivity index (χ4v) is 1.68. The zero-order chi connectivity index (χ0) is 12.6. The molecule has 5 heteroatoms. The van der Waals surface area contributed by atoms with E-state index in [4.69, 9.17) is 10.3 Å². The number of nitrogen functional groups attached to an aromatic ring is 1. The van der Waals surface area contributed by atoms with Gasteiger partial charge < -0.3 is 10.3 Å². The van der Waals surface area contributed by atoms with E-state index in [1.54, 1.807) is 6.07 Å². The minimum absolute atomic E-state index is 0.118. The summed E-state index contributed by atoms with van der Waals surface area (Å²) in [5.41, 5.74) is 7.15. The third-order valence-corrected chi connectivity index (χ3v) is 3.03. The van der Waals surface area contributed by atoms with Gasteiger partial charge in [0.05, 0.1) is 0 Å². The van der Waals surface area contributed by atoms with Crippen LogP contribution in [0.25, 0.3) is 11.5 Å². The summed E-state index contributed by atoms with van der Waals surface area (Å²) < 4.78 is 6.07. The highest BCUT2D eigenvalue weighted by Crippen LogP contribution is 2.28. The lowest BCUT2D eigenvalue weighted by Gasteiger charge is -2.10. The highest BCUT2D eigenvalue weighted by Gasteiger charge is 2.21. The Hall–Kier alpha value is -1.36. The highest BCUT2D eigenvalue weighted by atomic mass is 79.9. The lowest BCUT2D eigenvalue weighted by Crippen LogP contribution is -2.13. The van der Waals surface area contributed by atoms with Crippen molar-refractivity contribution in [2.75, 3.05) is 5.73 Å². The van der Waals surface area contributed by atoms with E-state index in [2.05, 4.69) is 26.1 Å². The van der Waals surface area contributed by atoms with Crippen LogP contribution in [0.5, 0.6) is 0 Å². The molecular weight excluding hydrogens is 282 g/mol. The minimum Gasteiger partial charge on any atom is -0.398 e. The minimum atomic E-state index is -0.118. The Balaban J connectivity index is 2.40. The summed E-state index contributed by atoms with van der Waals surface area (Å²) in [5.74, 6) is 1.20. The van der Waals surface area contributed by atoms with Crippen molar-refractivity contribution in [1.29, 1.82) is 0 Å². The van der Waals surface area contributed by atoms with E-state index in [-0.39, 0.29) is 5.41 Å². The molecule has 0 radical (unpaired) electrons. The van der Waals surface area contributed by atoms with Crippen LogP contribution in [-0.4, -0.2) is 10.1 Å². The van der Waals surface area contributed by atoms with Crippen molar-refractivity contribution in [3.8, 4) is 11.5 Å². The highest BCUT2D eigenvalue weighted by molar-refractivity contribution is 9.10. The number of benzene rings is 1. The third-order valence-electron chi connectivity index (χ3n) is 2.34. The predicted molar refractivity (Wildman–Crippen MR) is 70.5 cm³/mol. The van der Waals surface area contributed by atoms with E-state index in [9.17, 15) is 0 Å². The third kappa shape index (κ3) is 2.49. The van der Waals surface area contributed by atoms with E-state index in [1.165, 1.54) is 0 Å². The lowest BCUT2D eigenvalue weighted by atomic mass is 9.96. The molecule has 90 valence electrons. The van der Waals surface area contributed by atoms with E-state index >= 15 is 0 Å². The Morgan fingerprint density at radius 3 is 2.53 bits per heavy atom. The molecule has 0 fully saturated rings. The van der Waals surface area contributed by atoms with Crippen LogP contribution in [0.2, 0.25) is 0 Å². The summed E-state index contributed by atoms with van der Waals surface area (Å²) in [5, 5.41) is 3.98. The van der Waals surface area contributed by atoms with Gasteiger partial charge in [-0.2, -0.15) is 4.98 Å². The second-order valence-corrected chi connectivity index (χ2v) is 5.76. The van der Waals surface area contributed by atoms with Crippen LogP contribution in [0, 0.1) is 0 Å². The molecule has 17 heavy (non-hydrogen) atoms. The largest absolute Gasteiger partial charge is 0.398 e. The van der Waals surface area contributed by atoms with Crippen molar-refractivity contribution in [1.82, 2.24) is 10.1 Å². The average molecular weight is 296 g/mol. The molecule has 2 aromatic rings. The topological polar surface area (TPSA) is 64.9 Å². The van der Waals surface area contributed by atoms with Crippen LogP contribution in [0.3, 0.4) is 0 Å². The molecule has 4 nitrogen and oxygen atoms in total. The van der Waals surface area contributed by atoms with Gasteiger partial charge in [0.2, 0.25) is 0 Å². The van der Waals surface area contributed by atoms with Gasteiger partial charge in [0.25, 0.3) is 5.89 Å². The molecule has 1 aromatic carbocycles. The van der Waals surface area contributed by atoms with Gasteiger partial charge in [-0.1, -0.05) is 25.9 Å². The smallest absolute Gasteiger partial charge is 0.257 e. The van der Waals surface area contributed by atoms with Crippen LogP contribution < -0.4 is 5.73 Å². The second-order valence-electron chi connectivity index (χ2n) is 4.91. The molecule has 0 aliphatic heterocycles. The van der Waals surface area contributed by atoms with Crippen molar-refractivity contribution in [2.45, 2.75) is 26.2 Å². The van der Waals surface area contributed by atoms with Gasteiger partial charge in [0.1, 0.15) is 0 Å². The standard InChI is InChI=1S/C12H14BrN3O/c1-12(2,3)11-15-10(17-16-11)7-4-5-9(14)8(13)6-7/h4-6H,14H2,1-3H3. The number of nitrogens with zero attached hydrogens (tertiary/aromatic N) is 2. The first-order chi connectivity index (χ1) is 7.88. The number of nitrogens with two attached hydrogens (primary N) is 1. The van der Waals surface area contributed by atoms with E-state index in [0.29, 0.717) is 17.4 Å². The molecule has 1 aromatic heterocycles. The molecule has 0 bridgehead atoms. The Labute approximate surface area is 108 Å². The van der Waals surface area contributed by atoms with Gasteiger partial charge in [-0.05, 0) is 34.1 Å². The fraction of sp³-hybridized carbons (Fsp3) is 0.333. The van der Waals surface area contributed by atoms with Crippen molar-refractivity contribution in [3.63, 3.8) is 0 Å². The normalized spacial score (nSPS) is 11.8. The maximum Gasteiger partial charge on any atom is 0.257 e. The zero-order valence-corrected chi connectivity index (χ0v) is 11.6. The van der Waals surface area contributed by atoms with Crippen molar-refractivity contribution in [2.24, 2.45) is 0 Å². The number of aromatic nitrogens is 2. The van der Waals surface area contributed by atoms with E-state index < -0.39 is 0 Å². The maximum absolute atomic E-state index is 5.73. The molecule has 0 saturated carbocycles. The summed E-state index contributed by atoms with van der Waals surface area (Å²) in [6.45, 7) is 6.13. The number of rotatable bonds is 1. The quantitative estimate of drug-likeness (QED) is 0.819. The lowest BCUT2D eigenvalue weighted by molar-refractivity contribution is 0.402. The molecule has 0 atom stereocenters. The predicted octanol–water partition coefficient (Wildman–Crippen LogP) is 3.38. The van der Waals surface area contributed by atoms with Gasteiger partial charge >= 0.3 is 0 Å². The summed E-state index contributed by atoms with van der Waals surface area (Å²) in [6, 6.07) is 5.54. The molecule has 0 aliphatic carbocycles. The Morgan fingerprint density at radius 1 is 1.29 bits per heavy atom. The Bertz CT molecular complexity index is 543. The number of hydrogen-bond acceptors (Lipinski definition) is 4. The molecular formula is C12H14BrN3O. The monoisotopic (exact) mass is 295 g/mol. The molecule has 0 saturated heterocycles. The Kier molecular flexibility index (Phi) is 2.95. The van der Waals surface area contributed by atoms with E-state index in [0.717, 1.165) is 10.0 Å². The molecule has 0 spiro atoms. The first-order valence-corrected chi connectivity index (χ1v) is 6.07. The van der Waals surface area contributed by atoms with Crippen LogP contribution in [0.15, 0.2) is 27.2 Å². The van der Waals surface area contributed by atoms with Crippen molar-refractivity contribution in [3.05, 3.63) is 28.5 Å². The van der Waals surface area contributed by atoms with Gasteiger partial charge in [0, 0.05) is 21.1 Å². The number of anilines is 1. The molecule has 0 amide bonds.